The summed E-state index contributed by atoms with van der Waals surface area (Å²) in [4.78, 5) is 22.9. The van der Waals surface area contributed by atoms with Crippen molar-refractivity contribution in [3.63, 3.8) is 0 Å². The normalized spacial score (nSPS) is 10.9. The number of hydrogen-bond donors (Lipinski definition) is 0. The fourth-order valence-corrected chi connectivity index (χ4v) is 9.00. The number of amides is 1. The zero-order chi connectivity index (χ0) is 23.5. The number of nitrogens with zero attached hydrogens (tertiary/aromatic N) is 1. The maximum atomic E-state index is 11.5. The Morgan fingerprint density at radius 3 is 1.48 bits per heavy atom. The molecule has 178 valence electrons. The Kier molecular flexibility index (Phi) is 17.4. The highest BCUT2D eigenvalue weighted by atomic mass is 31.2. The van der Waals surface area contributed by atoms with Gasteiger partial charge in [-0.2, -0.15) is 0 Å². The van der Waals surface area contributed by atoms with Gasteiger partial charge >= 0.3 is 0 Å². The number of carbonyl (C=O) groups excluding carboxylic acids is 2. The van der Waals surface area contributed by atoms with Gasteiger partial charge < -0.3 is 14.8 Å². The third-order valence-corrected chi connectivity index (χ3v) is 10.7. The fraction of sp³-hybridized carbons (Fsp3) is 0.692. The monoisotopic (exact) mass is 451 g/mol. The topological polar surface area (TPSA) is 60.4 Å². The van der Waals surface area contributed by atoms with Crippen LogP contribution in [0.3, 0.4) is 0 Å². The summed E-state index contributed by atoms with van der Waals surface area (Å²) in [7, 11) is 0.860. The van der Waals surface area contributed by atoms with Crippen LogP contribution in [0.4, 0.5) is 0 Å². The van der Waals surface area contributed by atoms with E-state index in [-0.39, 0.29) is 5.91 Å². The fourth-order valence-electron chi connectivity index (χ4n) is 3.71. The highest BCUT2D eigenvalue weighted by Crippen LogP contribution is 2.61. The summed E-state index contributed by atoms with van der Waals surface area (Å²) < 4.78 is 0. The van der Waals surface area contributed by atoms with Crippen LogP contribution in [0.5, 0.6) is 0 Å². The molecule has 1 aromatic rings. The number of hydrogen-bond acceptors (Lipinski definition) is 3. The van der Waals surface area contributed by atoms with Crippen molar-refractivity contribution in [1.29, 1.82) is 0 Å². The molecule has 0 aliphatic rings. The second-order valence-electron chi connectivity index (χ2n) is 8.55. The van der Waals surface area contributed by atoms with Gasteiger partial charge in [0.15, 0.2) is 0 Å². The largest absolute Gasteiger partial charge is 0.548 e. The van der Waals surface area contributed by atoms with Crippen LogP contribution in [-0.2, 0) is 4.79 Å². The van der Waals surface area contributed by atoms with E-state index in [0.29, 0.717) is 5.56 Å². The van der Waals surface area contributed by atoms with Crippen LogP contribution in [0.15, 0.2) is 30.3 Å². The van der Waals surface area contributed by atoms with Crippen molar-refractivity contribution in [3.05, 3.63) is 35.9 Å². The maximum absolute atomic E-state index is 11.5. The van der Waals surface area contributed by atoms with E-state index < -0.39 is 19.8 Å². The Balaban J connectivity index is 0.000000590. The number of carboxylic acids is 1. The average Bonchev–Trinajstić information content (AvgIpc) is 2.78. The standard InChI is InChI=1S/C16H36P.C10H11NO3/c1-5-9-13-17(14-10-6-2,15-11-7-3)16-12-8-4;1-11(7-9(12)13)10(14)8-5-3-2-4-6-8/h5-16H2,1-4H3;2-6H,7H2,1H3,(H,12,13)/q+1;/p-1. The Morgan fingerprint density at radius 2 is 1.16 bits per heavy atom. The SMILES string of the molecule is CCCC[P+](CCCC)(CCCC)CCCC.CN(CC(=O)[O-])C(=O)c1ccccc1. The van der Waals surface area contributed by atoms with Gasteiger partial charge in [-0.1, -0.05) is 71.6 Å². The van der Waals surface area contributed by atoms with E-state index in [9.17, 15) is 14.7 Å². The number of rotatable bonds is 15. The Bertz CT molecular complexity index is 554. The van der Waals surface area contributed by atoms with Crippen molar-refractivity contribution >= 4 is 19.1 Å². The van der Waals surface area contributed by atoms with Crippen LogP contribution in [-0.4, -0.2) is 55.0 Å². The van der Waals surface area contributed by atoms with Gasteiger partial charge in [0.05, 0.1) is 37.2 Å². The van der Waals surface area contributed by atoms with E-state index in [1.54, 1.807) is 55.0 Å². The lowest BCUT2D eigenvalue weighted by molar-refractivity contribution is -0.305. The molecule has 0 saturated carbocycles. The summed E-state index contributed by atoms with van der Waals surface area (Å²) in [5.41, 5.74) is 0.469. The molecular formula is C26H46NO3P. The highest BCUT2D eigenvalue weighted by Gasteiger charge is 2.34. The second kappa shape index (κ2) is 18.2. The molecule has 1 rings (SSSR count). The predicted molar refractivity (Wildman–Crippen MR) is 134 cm³/mol. The lowest BCUT2D eigenvalue weighted by Gasteiger charge is -2.28. The molecule has 0 saturated heterocycles. The number of likely N-dealkylation sites (N-methyl/N-ethyl adjacent to an activating group) is 1. The van der Waals surface area contributed by atoms with Gasteiger partial charge in [-0.3, -0.25) is 4.79 Å². The summed E-state index contributed by atoms with van der Waals surface area (Å²) >= 11 is 0. The van der Waals surface area contributed by atoms with Crippen molar-refractivity contribution in [1.82, 2.24) is 4.90 Å². The number of carboxylic acid groups (broad SMARTS) is 1. The van der Waals surface area contributed by atoms with E-state index in [4.69, 9.17) is 0 Å². The summed E-state index contributed by atoms with van der Waals surface area (Å²) in [6, 6.07) is 8.50. The van der Waals surface area contributed by atoms with Crippen LogP contribution < -0.4 is 5.11 Å². The van der Waals surface area contributed by atoms with Crippen molar-refractivity contribution < 1.29 is 14.7 Å². The van der Waals surface area contributed by atoms with E-state index in [1.807, 2.05) is 0 Å². The predicted octanol–water partition coefficient (Wildman–Crippen LogP) is 5.71. The summed E-state index contributed by atoms with van der Waals surface area (Å²) in [6.45, 7) is 9.03. The molecule has 4 nitrogen and oxygen atoms in total. The molecule has 0 N–H and O–H groups in total. The molecule has 0 spiro atoms. The highest BCUT2D eigenvalue weighted by molar-refractivity contribution is 7.75. The Hall–Kier alpha value is -1.41. The summed E-state index contributed by atoms with van der Waals surface area (Å²) in [6.07, 6.45) is 17.9. The van der Waals surface area contributed by atoms with Crippen molar-refractivity contribution in [2.75, 3.05) is 38.2 Å². The second-order valence-corrected chi connectivity index (χ2v) is 13.0. The number of benzene rings is 1. The quantitative estimate of drug-likeness (QED) is 0.321. The third kappa shape index (κ3) is 13.6. The first-order chi connectivity index (χ1) is 14.9. The lowest BCUT2D eigenvalue weighted by Crippen LogP contribution is -2.39. The van der Waals surface area contributed by atoms with Crippen molar-refractivity contribution in [3.8, 4) is 0 Å². The van der Waals surface area contributed by atoms with E-state index >= 15 is 0 Å². The minimum atomic E-state index is -1.27. The van der Waals surface area contributed by atoms with Gasteiger partial charge in [-0.15, -0.1) is 0 Å². The summed E-state index contributed by atoms with van der Waals surface area (Å²) in [5, 5.41) is 10.2. The van der Waals surface area contributed by atoms with Crippen LogP contribution in [0.1, 0.15) is 89.4 Å². The molecule has 0 fully saturated rings. The molecule has 0 bridgehead atoms. The van der Waals surface area contributed by atoms with Crippen LogP contribution in [0.2, 0.25) is 0 Å². The molecule has 0 radical (unpaired) electrons. The first-order valence-electron chi connectivity index (χ1n) is 12.2. The van der Waals surface area contributed by atoms with Crippen molar-refractivity contribution in [2.24, 2.45) is 0 Å². The molecular weight excluding hydrogens is 405 g/mol. The minimum absolute atomic E-state index is 0.324. The number of aliphatic carboxylic acids is 1. The van der Waals surface area contributed by atoms with Crippen LogP contribution in [0, 0.1) is 0 Å². The van der Waals surface area contributed by atoms with Gasteiger partial charge in [0, 0.05) is 19.9 Å². The molecule has 0 unspecified atom stereocenters. The molecule has 0 heterocycles. The Labute approximate surface area is 192 Å². The molecule has 0 aromatic heterocycles. The average molecular weight is 452 g/mol. The first kappa shape index (κ1) is 29.6. The van der Waals surface area contributed by atoms with Gasteiger partial charge in [0.25, 0.3) is 5.91 Å². The lowest BCUT2D eigenvalue weighted by atomic mass is 10.2. The minimum Gasteiger partial charge on any atom is -0.548 e. The van der Waals surface area contributed by atoms with E-state index in [2.05, 4.69) is 27.7 Å². The van der Waals surface area contributed by atoms with Crippen LogP contribution in [0.25, 0.3) is 0 Å². The van der Waals surface area contributed by atoms with Gasteiger partial charge in [-0.25, -0.2) is 0 Å². The van der Waals surface area contributed by atoms with Crippen molar-refractivity contribution in [2.45, 2.75) is 79.1 Å². The zero-order valence-electron chi connectivity index (χ0n) is 20.7. The van der Waals surface area contributed by atoms with Gasteiger partial charge in [0.1, 0.15) is 0 Å². The number of unbranched alkanes of at least 4 members (excludes halogenated alkanes) is 4. The summed E-state index contributed by atoms with van der Waals surface area (Å²) in [5.74, 6) is -1.59. The van der Waals surface area contributed by atoms with E-state index in [1.165, 1.54) is 58.4 Å². The molecule has 1 aromatic carbocycles. The number of carbonyl (C=O) groups is 2. The molecule has 0 aliphatic heterocycles. The maximum Gasteiger partial charge on any atom is 0.253 e. The zero-order valence-corrected chi connectivity index (χ0v) is 21.6. The molecule has 5 heteroatoms. The van der Waals surface area contributed by atoms with E-state index in [0.717, 1.165) is 4.90 Å². The Morgan fingerprint density at radius 1 is 0.774 bits per heavy atom. The van der Waals surface area contributed by atoms with Crippen LogP contribution >= 0.6 is 7.26 Å². The smallest absolute Gasteiger partial charge is 0.253 e. The van der Waals surface area contributed by atoms with Gasteiger partial charge in [-0.05, 0) is 37.8 Å². The third-order valence-electron chi connectivity index (χ3n) is 5.68. The molecule has 31 heavy (non-hydrogen) atoms. The van der Waals surface area contributed by atoms with Gasteiger partial charge in [0.2, 0.25) is 0 Å². The molecule has 0 atom stereocenters. The molecule has 1 amide bonds. The first-order valence-corrected chi connectivity index (χ1v) is 14.7. The molecule has 0 aliphatic carbocycles.